The fourth-order valence-corrected chi connectivity index (χ4v) is 3.72. The lowest BCUT2D eigenvalue weighted by Crippen LogP contribution is -2.15. The maximum absolute atomic E-state index is 11.8. The van der Waals surface area contributed by atoms with Gasteiger partial charge in [-0.2, -0.15) is 5.10 Å². The summed E-state index contributed by atoms with van der Waals surface area (Å²) in [5.41, 5.74) is 3.73. The van der Waals surface area contributed by atoms with E-state index in [4.69, 9.17) is 0 Å². The summed E-state index contributed by atoms with van der Waals surface area (Å²) in [5, 5.41) is 7.48. The van der Waals surface area contributed by atoms with Gasteiger partial charge >= 0.3 is 0 Å². The number of anilines is 1. The fourth-order valence-electron chi connectivity index (χ4n) is 2.45. The summed E-state index contributed by atoms with van der Waals surface area (Å²) in [6, 6.07) is 7.88. The van der Waals surface area contributed by atoms with E-state index in [1.807, 2.05) is 38.1 Å². The van der Waals surface area contributed by atoms with Crippen LogP contribution in [-0.4, -0.2) is 19.9 Å². The molecule has 1 aromatic carbocycles. The summed E-state index contributed by atoms with van der Waals surface area (Å²) in [6.45, 7) is 3.81. The Bertz CT molecular complexity index is 737. The van der Waals surface area contributed by atoms with Crippen LogP contribution in [0.15, 0.2) is 24.3 Å². The number of hydrogen-bond donors (Lipinski definition) is 1. The molecule has 1 aliphatic rings. The lowest BCUT2D eigenvalue weighted by atomic mass is 10.2. The van der Waals surface area contributed by atoms with Gasteiger partial charge in [-0.05, 0) is 18.6 Å². The number of carbonyl (C=O) groups excluding carboxylic acids is 1. The van der Waals surface area contributed by atoms with Gasteiger partial charge in [0.2, 0.25) is 5.91 Å². The minimum absolute atomic E-state index is 0.0646. The van der Waals surface area contributed by atoms with E-state index in [1.54, 1.807) is 4.68 Å². The van der Waals surface area contributed by atoms with Gasteiger partial charge in [0.25, 0.3) is 0 Å². The van der Waals surface area contributed by atoms with Crippen LogP contribution in [0.4, 0.5) is 5.82 Å². The third-order valence-electron chi connectivity index (χ3n) is 3.59. The second-order valence-corrected chi connectivity index (χ2v) is 6.56. The molecule has 3 rings (SSSR count). The third-order valence-corrected chi connectivity index (χ3v) is 4.80. The first-order valence-electron chi connectivity index (χ1n) is 6.91. The largest absolute Gasteiger partial charge is 0.310 e. The third kappa shape index (κ3) is 2.51. The first-order valence-corrected chi connectivity index (χ1v) is 8.40. The van der Waals surface area contributed by atoms with E-state index in [2.05, 4.69) is 10.4 Å². The Kier molecular flexibility index (Phi) is 3.63. The van der Waals surface area contributed by atoms with E-state index < -0.39 is 10.8 Å². The number of para-hydroxylation sites is 1. The molecule has 0 spiro atoms. The van der Waals surface area contributed by atoms with E-state index in [9.17, 15) is 9.00 Å². The van der Waals surface area contributed by atoms with Crippen molar-refractivity contribution in [1.82, 2.24) is 9.78 Å². The van der Waals surface area contributed by atoms with Gasteiger partial charge in [0, 0.05) is 22.8 Å². The highest BCUT2D eigenvalue weighted by Crippen LogP contribution is 2.32. The first kappa shape index (κ1) is 14.0. The number of nitrogens with zero attached hydrogens (tertiary/aromatic N) is 2. The molecule has 110 valence electrons. The van der Waals surface area contributed by atoms with Crippen molar-refractivity contribution in [2.75, 3.05) is 5.32 Å². The molecule has 0 aliphatic carbocycles. The number of carbonyl (C=O) groups is 1. The molecule has 1 amide bonds. The summed E-state index contributed by atoms with van der Waals surface area (Å²) in [5.74, 6) is 1.52. The molecular formula is C15H17N3O2S. The Morgan fingerprint density at radius 1 is 1.38 bits per heavy atom. The van der Waals surface area contributed by atoms with E-state index >= 15 is 0 Å². The quantitative estimate of drug-likeness (QED) is 0.946. The lowest BCUT2D eigenvalue weighted by Gasteiger charge is -2.12. The molecule has 21 heavy (non-hydrogen) atoms. The molecule has 0 fully saturated rings. The van der Waals surface area contributed by atoms with Crippen molar-refractivity contribution in [2.45, 2.75) is 31.8 Å². The summed E-state index contributed by atoms with van der Waals surface area (Å²) in [6.07, 6.45) is 0.400. The fraction of sp³-hybridized carbons (Fsp3) is 0.333. The number of rotatable bonds is 3. The molecule has 1 N–H and O–H groups in total. The van der Waals surface area contributed by atoms with Crippen LogP contribution in [0.2, 0.25) is 0 Å². The smallest absolute Gasteiger partial charge is 0.225 e. The van der Waals surface area contributed by atoms with E-state index in [1.165, 1.54) is 0 Å². The number of aromatic nitrogens is 2. The topological polar surface area (TPSA) is 64.0 Å². The van der Waals surface area contributed by atoms with Crippen LogP contribution in [0, 0.1) is 6.92 Å². The van der Waals surface area contributed by atoms with Gasteiger partial charge in [0.1, 0.15) is 5.82 Å². The second-order valence-electron chi connectivity index (χ2n) is 5.10. The Morgan fingerprint density at radius 2 is 2.14 bits per heavy atom. The number of fused-ring (bicyclic) bond motifs is 1. The highest BCUT2D eigenvalue weighted by atomic mass is 32.2. The molecule has 5 nitrogen and oxygen atoms in total. The van der Waals surface area contributed by atoms with Crippen molar-refractivity contribution < 1.29 is 9.00 Å². The van der Waals surface area contributed by atoms with Crippen molar-refractivity contribution >= 4 is 22.5 Å². The van der Waals surface area contributed by atoms with Gasteiger partial charge in [-0.3, -0.25) is 9.00 Å². The maximum atomic E-state index is 11.8. The molecular weight excluding hydrogens is 286 g/mol. The molecule has 0 radical (unpaired) electrons. The predicted molar refractivity (Wildman–Crippen MR) is 82.8 cm³/mol. The maximum Gasteiger partial charge on any atom is 0.225 e. The number of benzene rings is 1. The van der Waals surface area contributed by atoms with Crippen LogP contribution in [0.3, 0.4) is 0 Å². The van der Waals surface area contributed by atoms with Crippen molar-refractivity contribution in [3.05, 3.63) is 41.1 Å². The van der Waals surface area contributed by atoms with Gasteiger partial charge in [-0.1, -0.05) is 25.1 Å². The van der Waals surface area contributed by atoms with E-state index in [-0.39, 0.29) is 5.91 Å². The zero-order valence-corrected chi connectivity index (χ0v) is 12.9. The minimum atomic E-state index is -0.912. The summed E-state index contributed by atoms with van der Waals surface area (Å²) >= 11 is 0. The Hall–Kier alpha value is -1.95. The molecule has 1 atom stereocenters. The Morgan fingerprint density at radius 3 is 2.86 bits per heavy atom. The van der Waals surface area contributed by atoms with Crippen molar-refractivity contribution in [3.8, 4) is 5.69 Å². The first-order chi connectivity index (χ1) is 10.1. The molecule has 0 unspecified atom stereocenters. The molecule has 2 heterocycles. The number of hydrogen-bond acceptors (Lipinski definition) is 3. The van der Waals surface area contributed by atoms with Crippen LogP contribution >= 0.6 is 0 Å². The monoisotopic (exact) mass is 303 g/mol. The summed E-state index contributed by atoms with van der Waals surface area (Å²) < 4.78 is 13.5. The molecule has 1 aliphatic heterocycles. The van der Waals surface area contributed by atoms with Gasteiger partial charge in [0.05, 0.1) is 22.9 Å². The Balaban J connectivity index is 2.13. The van der Waals surface area contributed by atoms with Crippen LogP contribution < -0.4 is 5.32 Å². The number of nitrogens with one attached hydrogen (secondary N) is 1. The average molecular weight is 303 g/mol. The second kappa shape index (κ2) is 5.44. The van der Waals surface area contributed by atoms with Crippen molar-refractivity contribution in [1.29, 1.82) is 0 Å². The molecule has 1 aromatic heterocycles. The van der Waals surface area contributed by atoms with Crippen LogP contribution in [0.25, 0.3) is 5.69 Å². The van der Waals surface area contributed by atoms with Crippen molar-refractivity contribution in [2.24, 2.45) is 0 Å². The minimum Gasteiger partial charge on any atom is -0.310 e. The van der Waals surface area contributed by atoms with E-state index in [0.29, 0.717) is 23.7 Å². The molecule has 0 bridgehead atoms. The lowest BCUT2D eigenvalue weighted by molar-refractivity contribution is -0.115. The SMILES string of the molecule is CCC(=O)Nc1c2c(nn1-c1ccccc1C)C[S@](=O)C2. The van der Waals surface area contributed by atoms with Gasteiger partial charge < -0.3 is 5.32 Å². The highest BCUT2D eigenvalue weighted by Gasteiger charge is 2.28. The number of aryl methyl sites for hydroxylation is 1. The molecule has 2 aromatic rings. The molecule has 0 saturated carbocycles. The normalized spacial score (nSPS) is 16.8. The van der Waals surface area contributed by atoms with Crippen LogP contribution in [-0.2, 0) is 27.1 Å². The molecule has 6 heteroatoms. The zero-order valence-electron chi connectivity index (χ0n) is 12.0. The highest BCUT2D eigenvalue weighted by molar-refractivity contribution is 7.83. The van der Waals surface area contributed by atoms with Crippen LogP contribution in [0.5, 0.6) is 0 Å². The average Bonchev–Trinajstić information content (AvgIpc) is 2.97. The summed E-state index contributed by atoms with van der Waals surface area (Å²) in [4.78, 5) is 11.8. The standard InChI is InChI=1S/C15H17N3O2S/c1-3-14(19)16-15-11-8-21(20)9-12(11)17-18(15)13-7-5-4-6-10(13)2/h4-7H,3,8-9H2,1-2H3,(H,16,19)/t21-/m1/s1. The molecule has 0 saturated heterocycles. The Labute approximate surface area is 125 Å². The predicted octanol–water partition coefficient (Wildman–Crippen LogP) is 2.29. The zero-order chi connectivity index (χ0) is 15.0. The van der Waals surface area contributed by atoms with Gasteiger partial charge in [-0.25, -0.2) is 4.68 Å². The summed E-state index contributed by atoms with van der Waals surface area (Å²) in [7, 11) is -0.912. The van der Waals surface area contributed by atoms with Gasteiger partial charge in [0.15, 0.2) is 0 Å². The van der Waals surface area contributed by atoms with E-state index in [0.717, 1.165) is 22.5 Å². The van der Waals surface area contributed by atoms with Crippen LogP contribution in [0.1, 0.15) is 30.2 Å². The van der Waals surface area contributed by atoms with Gasteiger partial charge in [-0.15, -0.1) is 0 Å². The van der Waals surface area contributed by atoms with Crippen molar-refractivity contribution in [3.63, 3.8) is 0 Å². The number of amides is 1.